The number of hydrogen-bond acceptors (Lipinski definition) is 2. The number of carbonyl (C=O) groups excluding carboxylic acids is 1. The standard InChI is InChI=1S/C17H26N2O/c1-4-13(5-2)12(3)19-17(20)16-10-14-8-6-7-9-15(14)11-18-16/h6-9,12-13,16,18H,4-5,10-11H2,1-3H3,(H,19,20). The van der Waals surface area contributed by atoms with Gasteiger partial charge in [0.25, 0.3) is 0 Å². The molecule has 1 aromatic carbocycles. The Morgan fingerprint density at radius 1 is 1.30 bits per heavy atom. The second-order valence-electron chi connectivity index (χ2n) is 5.78. The van der Waals surface area contributed by atoms with Crippen molar-refractivity contribution in [3.63, 3.8) is 0 Å². The second-order valence-corrected chi connectivity index (χ2v) is 5.78. The molecule has 1 amide bonds. The summed E-state index contributed by atoms with van der Waals surface area (Å²) in [6.07, 6.45) is 3.01. The van der Waals surface area contributed by atoms with Crippen LogP contribution in [0, 0.1) is 5.92 Å². The fourth-order valence-corrected chi connectivity index (χ4v) is 3.08. The number of benzene rings is 1. The third-order valence-electron chi connectivity index (χ3n) is 4.52. The van der Waals surface area contributed by atoms with Crippen LogP contribution in [0.3, 0.4) is 0 Å². The lowest BCUT2D eigenvalue weighted by atomic mass is 9.93. The van der Waals surface area contributed by atoms with Crippen LogP contribution in [0.25, 0.3) is 0 Å². The number of nitrogens with one attached hydrogen (secondary N) is 2. The minimum absolute atomic E-state index is 0.0956. The van der Waals surface area contributed by atoms with Gasteiger partial charge in [-0.1, -0.05) is 51.0 Å². The number of rotatable bonds is 5. The van der Waals surface area contributed by atoms with Gasteiger partial charge in [0.2, 0.25) is 5.91 Å². The zero-order valence-electron chi connectivity index (χ0n) is 12.8. The van der Waals surface area contributed by atoms with Gasteiger partial charge in [-0.3, -0.25) is 4.79 Å². The summed E-state index contributed by atoms with van der Waals surface area (Å²) in [5, 5.41) is 6.52. The molecular weight excluding hydrogens is 248 g/mol. The Hall–Kier alpha value is -1.35. The van der Waals surface area contributed by atoms with Crippen molar-refractivity contribution in [1.82, 2.24) is 10.6 Å². The molecule has 0 saturated carbocycles. The van der Waals surface area contributed by atoms with E-state index in [1.165, 1.54) is 11.1 Å². The molecule has 0 aromatic heterocycles. The highest BCUT2D eigenvalue weighted by Gasteiger charge is 2.26. The zero-order chi connectivity index (χ0) is 14.5. The van der Waals surface area contributed by atoms with Crippen LogP contribution < -0.4 is 10.6 Å². The first-order valence-electron chi connectivity index (χ1n) is 7.76. The fourth-order valence-electron chi connectivity index (χ4n) is 3.08. The topological polar surface area (TPSA) is 41.1 Å². The first-order chi connectivity index (χ1) is 9.65. The molecule has 0 fully saturated rings. The molecule has 2 N–H and O–H groups in total. The quantitative estimate of drug-likeness (QED) is 0.866. The largest absolute Gasteiger partial charge is 0.352 e. The van der Waals surface area contributed by atoms with E-state index in [0.29, 0.717) is 5.92 Å². The maximum atomic E-state index is 12.4. The zero-order valence-corrected chi connectivity index (χ0v) is 12.8. The molecule has 1 aliphatic rings. The van der Waals surface area contributed by atoms with Crippen LogP contribution in [0.1, 0.15) is 44.7 Å². The summed E-state index contributed by atoms with van der Waals surface area (Å²) in [6, 6.07) is 8.50. The van der Waals surface area contributed by atoms with E-state index in [4.69, 9.17) is 0 Å². The lowest BCUT2D eigenvalue weighted by Crippen LogP contribution is -2.51. The molecule has 0 aliphatic carbocycles. The smallest absolute Gasteiger partial charge is 0.237 e. The van der Waals surface area contributed by atoms with E-state index in [9.17, 15) is 4.79 Å². The Balaban J connectivity index is 1.95. The SMILES string of the molecule is CCC(CC)C(C)NC(=O)C1Cc2ccccc2CN1. The molecule has 2 atom stereocenters. The third-order valence-corrected chi connectivity index (χ3v) is 4.52. The fraction of sp³-hybridized carbons (Fsp3) is 0.588. The van der Waals surface area contributed by atoms with Crippen LogP contribution in [0.4, 0.5) is 0 Å². The molecule has 3 heteroatoms. The number of fused-ring (bicyclic) bond motifs is 1. The molecule has 3 nitrogen and oxygen atoms in total. The van der Waals surface area contributed by atoms with E-state index in [1.807, 2.05) is 6.07 Å². The van der Waals surface area contributed by atoms with Gasteiger partial charge in [0, 0.05) is 12.6 Å². The van der Waals surface area contributed by atoms with Crippen LogP contribution in [0.5, 0.6) is 0 Å². The molecule has 110 valence electrons. The van der Waals surface area contributed by atoms with Gasteiger partial charge in [-0.2, -0.15) is 0 Å². The second kappa shape index (κ2) is 6.89. The number of hydrogen-bond donors (Lipinski definition) is 2. The van der Waals surface area contributed by atoms with Crippen molar-refractivity contribution in [3.8, 4) is 0 Å². The highest BCUT2D eigenvalue weighted by molar-refractivity contribution is 5.82. The van der Waals surface area contributed by atoms with Gasteiger partial charge >= 0.3 is 0 Å². The van der Waals surface area contributed by atoms with Crippen molar-refractivity contribution < 1.29 is 4.79 Å². The maximum absolute atomic E-state index is 12.4. The van der Waals surface area contributed by atoms with E-state index in [0.717, 1.165) is 25.8 Å². The number of amides is 1. The summed E-state index contributed by atoms with van der Waals surface area (Å²) >= 11 is 0. The predicted molar refractivity (Wildman–Crippen MR) is 82.5 cm³/mol. The minimum atomic E-state index is -0.0956. The van der Waals surface area contributed by atoms with E-state index in [-0.39, 0.29) is 18.0 Å². The maximum Gasteiger partial charge on any atom is 0.237 e. The highest BCUT2D eigenvalue weighted by Crippen LogP contribution is 2.17. The molecule has 0 saturated heterocycles. The minimum Gasteiger partial charge on any atom is -0.352 e. The third kappa shape index (κ3) is 3.40. The molecule has 0 spiro atoms. The summed E-state index contributed by atoms with van der Waals surface area (Å²) in [7, 11) is 0. The van der Waals surface area contributed by atoms with Crippen LogP contribution in [0.2, 0.25) is 0 Å². The van der Waals surface area contributed by atoms with E-state index < -0.39 is 0 Å². The highest BCUT2D eigenvalue weighted by atomic mass is 16.2. The predicted octanol–water partition coefficient (Wildman–Crippen LogP) is 2.64. The van der Waals surface area contributed by atoms with Crippen molar-refractivity contribution in [2.75, 3.05) is 0 Å². The van der Waals surface area contributed by atoms with Crippen molar-refractivity contribution >= 4 is 5.91 Å². The van der Waals surface area contributed by atoms with Crippen molar-refractivity contribution in [3.05, 3.63) is 35.4 Å². The Morgan fingerprint density at radius 2 is 1.95 bits per heavy atom. The van der Waals surface area contributed by atoms with Gasteiger partial charge in [0.1, 0.15) is 0 Å². The van der Waals surface area contributed by atoms with Gasteiger partial charge in [-0.15, -0.1) is 0 Å². The Morgan fingerprint density at radius 3 is 2.60 bits per heavy atom. The lowest BCUT2D eigenvalue weighted by molar-refractivity contribution is -0.124. The first-order valence-corrected chi connectivity index (χ1v) is 7.76. The average molecular weight is 274 g/mol. The summed E-state index contributed by atoms with van der Waals surface area (Å²) < 4.78 is 0. The molecule has 0 bridgehead atoms. The lowest BCUT2D eigenvalue weighted by Gasteiger charge is -2.29. The molecule has 20 heavy (non-hydrogen) atoms. The Kier molecular flexibility index (Phi) is 5.18. The normalized spacial score (nSPS) is 19.5. The van der Waals surface area contributed by atoms with E-state index in [1.54, 1.807) is 0 Å². The summed E-state index contributed by atoms with van der Waals surface area (Å²) in [5.74, 6) is 0.703. The summed E-state index contributed by atoms with van der Waals surface area (Å²) in [4.78, 5) is 12.4. The van der Waals surface area contributed by atoms with Crippen molar-refractivity contribution in [2.45, 2.75) is 58.7 Å². The van der Waals surface area contributed by atoms with E-state index in [2.05, 4.69) is 49.6 Å². The molecule has 2 unspecified atom stereocenters. The van der Waals surface area contributed by atoms with Gasteiger partial charge in [-0.25, -0.2) is 0 Å². The molecule has 2 rings (SSSR count). The summed E-state index contributed by atoms with van der Waals surface area (Å²) in [5.41, 5.74) is 2.60. The van der Waals surface area contributed by atoms with Crippen LogP contribution >= 0.6 is 0 Å². The van der Waals surface area contributed by atoms with Crippen LogP contribution in [0.15, 0.2) is 24.3 Å². The molecule has 1 aliphatic heterocycles. The number of carbonyl (C=O) groups is 1. The van der Waals surface area contributed by atoms with Gasteiger partial charge < -0.3 is 10.6 Å². The molecule has 1 aromatic rings. The molecule has 0 radical (unpaired) electrons. The van der Waals surface area contributed by atoms with E-state index >= 15 is 0 Å². The summed E-state index contributed by atoms with van der Waals surface area (Å²) in [6.45, 7) is 7.28. The van der Waals surface area contributed by atoms with Gasteiger partial charge in [-0.05, 0) is 30.4 Å². The van der Waals surface area contributed by atoms with Crippen molar-refractivity contribution in [2.24, 2.45) is 5.92 Å². The van der Waals surface area contributed by atoms with Crippen molar-refractivity contribution in [1.29, 1.82) is 0 Å². The first kappa shape index (κ1) is 15.0. The monoisotopic (exact) mass is 274 g/mol. The van der Waals surface area contributed by atoms with Gasteiger partial charge in [0.05, 0.1) is 6.04 Å². The Bertz CT molecular complexity index is 454. The average Bonchev–Trinajstić information content (AvgIpc) is 2.48. The van der Waals surface area contributed by atoms with Crippen LogP contribution in [-0.4, -0.2) is 18.0 Å². The van der Waals surface area contributed by atoms with Crippen LogP contribution in [-0.2, 0) is 17.8 Å². The molecular formula is C17H26N2O. The molecule has 1 heterocycles. The Labute approximate surface area is 122 Å². The van der Waals surface area contributed by atoms with Gasteiger partial charge in [0.15, 0.2) is 0 Å².